The Morgan fingerprint density at radius 2 is 2.30 bits per heavy atom. The topological polar surface area (TPSA) is 90.8 Å². The first-order valence-electron chi connectivity index (χ1n) is 7.52. The number of fused-ring (bicyclic) bond motifs is 1. The summed E-state index contributed by atoms with van der Waals surface area (Å²) in [4.78, 5) is 16.5. The van der Waals surface area contributed by atoms with Gasteiger partial charge >= 0.3 is 0 Å². The molecule has 1 N–H and O–H groups in total. The van der Waals surface area contributed by atoms with Crippen molar-refractivity contribution in [1.82, 2.24) is 24.5 Å². The molecule has 4 rings (SSSR count). The Labute approximate surface area is 132 Å². The highest BCUT2D eigenvalue weighted by molar-refractivity contribution is 5.94. The minimum absolute atomic E-state index is 0.0469. The van der Waals surface area contributed by atoms with E-state index in [9.17, 15) is 4.79 Å². The monoisotopic (exact) mass is 312 g/mol. The Morgan fingerprint density at radius 3 is 3.09 bits per heavy atom. The van der Waals surface area contributed by atoms with Crippen molar-refractivity contribution in [3.05, 3.63) is 48.1 Å². The van der Waals surface area contributed by atoms with Crippen LogP contribution in [0.3, 0.4) is 0 Å². The number of hydrogen-bond donors (Lipinski definition) is 1. The van der Waals surface area contributed by atoms with E-state index in [4.69, 9.17) is 4.42 Å². The third-order valence-electron chi connectivity index (χ3n) is 4.03. The van der Waals surface area contributed by atoms with Crippen LogP contribution in [0.4, 0.5) is 5.82 Å². The predicted octanol–water partition coefficient (Wildman–Crippen LogP) is 1.61. The summed E-state index contributed by atoms with van der Waals surface area (Å²) in [6.07, 6.45) is 5.28. The van der Waals surface area contributed by atoms with Crippen LogP contribution in [0.1, 0.15) is 36.4 Å². The number of rotatable bonds is 4. The Bertz CT molecular complexity index is 832. The lowest BCUT2D eigenvalue weighted by Gasteiger charge is -2.22. The van der Waals surface area contributed by atoms with Crippen LogP contribution in [0.25, 0.3) is 0 Å². The number of furan rings is 1. The minimum atomic E-state index is -0.133. The zero-order chi connectivity index (χ0) is 15.8. The number of aryl methyl sites for hydroxylation is 1. The van der Waals surface area contributed by atoms with Gasteiger partial charge in [-0.3, -0.25) is 4.79 Å². The fraction of sp³-hybridized carbons (Fsp3) is 0.333. The van der Waals surface area contributed by atoms with E-state index < -0.39 is 0 Å². The molecule has 8 heteroatoms. The van der Waals surface area contributed by atoms with E-state index in [1.165, 1.54) is 6.33 Å². The number of anilines is 1. The van der Waals surface area contributed by atoms with E-state index in [1.807, 2.05) is 23.7 Å². The van der Waals surface area contributed by atoms with Gasteiger partial charge in [-0.2, -0.15) is 10.2 Å². The van der Waals surface area contributed by atoms with Crippen molar-refractivity contribution >= 4 is 11.7 Å². The number of aromatic nitrogens is 5. The molecule has 0 aromatic carbocycles. The quantitative estimate of drug-likeness (QED) is 0.790. The summed E-state index contributed by atoms with van der Waals surface area (Å²) in [5.74, 6) is 2.10. The van der Waals surface area contributed by atoms with Gasteiger partial charge in [-0.1, -0.05) is 0 Å². The van der Waals surface area contributed by atoms with Crippen LogP contribution in [0.2, 0.25) is 0 Å². The average molecular weight is 312 g/mol. The Morgan fingerprint density at radius 1 is 1.39 bits per heavy atom. The standard InChI is InChI=1S/C15H16N6O2/c1-2-20-14(16-9-18-20)11-6-13(22)19-15-12(11)7-17-21(15)8-10-4-3-5-23-10/h3-5,7,9,11H,2,6,8H2,1H3,(H,19,22). The summed E-state index contributed by atoms with van der Waals surface area (Å²) in [5, 5.41) is 11.5. The van der Waals surface area contributed by atoms with Gasteiger partial charge in [0.25, 0.3) is 0 Å². The van der Waals surface area contributed by atoms with Crippen LogP contribution < -0.4 is 5.32 Å². The molecule has 118 valence electrons. The Kier molecular flexibility index (Phi) is 3.22. The lowest BCUT2D eigenvalue weighted by Crippen LogP contribution is -2.26. The maximum Gasteiger partial charge on any atom is 0.226 e. The number of amides is 1. The summed E-state index contributed by atoms with van der Waals surface area (Å²) >= 11 is 0. The molecule has 8 nitrogen and oxygen atoms in total. The maximum atomic E-state index is 12.2. The van der Waals surface area contributed by atoms with Crippen LogP contribution >= 0.6 is 0 Å². The van der Waals surface area contributed by atoms with Crippen molar-refractivity contribution in [1.29, 1.82) is 0 Å². The largest absolute Gasteiger partial charge is 0.467 e. The van der Waals surface area contributed by atoms with Gasteiger partial charge in [-0.05, 0) is 19.1 Å². The summed E-state index contributed by atoms with van der Waals surface area (Å²) in [7, 11) is 0. The summed E-state index contributed by atoms with van der Waals surface area (Å²) in [6.45, 7) is 3.18. The molecule has 1 atom stereocenters. The second-order valence-corrected chi connectivity index (χ2v) is 5.42. The van der Waals surface area contributed by atoms with Crippen molar-refractivity contribution in [3.63, 3.8) is 0 Å². The van der Waals surface area contributed by atoms with E-state index in [1.54, 1.807) is 17.1 Å². The molecule has 0 saturated heterocycles. The second kappa shape index (κ2) is 5.38. The van der Waals surface area contributed by atoms with Gasteiger partial charge in [0.2, 0.25) is 5.91 Å². The number of nitrogens with one attached hydrogen (secondary N) is 1. The molecule has 0 radical (unpaired) electrons. The molecule has 23 heavy (non-hydrogen) atoms. The lowest BCUT2D eigenvalue weighted by molar-refractivity contribution is -0.116. The highest BCUT2D eigenvalue weighted by Gasteiger charge is 2.32. The van der Waals surface area contributed by atoms with Crippen molar-refractivity contribution in [3.8, 4) is 0 Å². The van der Waals surface area contributed by atoms with E-state index in [0.29, 0.717) is 25.3 Å². The van der Waals surface area contributed by atoms with Crippen molar-refractivity contribution in [2.24, 2.45) is 0 Å². The predicted molar refractivity (Wildman–Crippen MR) is 80.8 cm³/mol. The molecule has 0 bridgehead atoms. The highest BCUT2D eigenvalue weighted by atomic mass is 16.3. The molecule has 1 aliphatic heterocycles. The normalized spacial score (nSPS) is 17.1. The van der Waals surface area contributed by atoms with Crippen LogP contribution in [0, 0.1) is 0 Å². The molecule has 0 spiro atoms. The molecule has 3 aromatic heterocycles. The fourth-order valence-electron chi connectivity index (χ4n) is 2.96. The molecule has 1 aliphatic rings. The third kappa shape index (κ3) is 2.32. The molecule has 0 saturated carbocycles. The van der Waals surface area contributed by atoms with Crippen molar-refractivity contribution in [2.75, 3.05) is 5.32 Å². The molecular weight excluding hydrogens is 296 g/mol. The molecular formula is C15H16N6O2. The summed E-state index contributed by atoms with van der Waals surface area (Å²) in [6, 6.07) is 3.71. The van der Waals surface area contributed by atoms with Crippen molar-refractivity contribution in [2.45, 2.75) is 32.4 Å². The van der Waals surface area contributed by atoms with Crippen molar-refractivity contribution < 1.29 is 9.21 Å². The molecule has 4 heterocycles. The smallest absolute Gasteiger partial charge is 0.226 e. The van der Waals surface area contributed by atoms with E-state index in [2.05, 4.69) is 20.5 Å². The first-order valence-corrected chi connectivity index (χ1v) is 7.52. The van der Waals surface area contributed by atoms with Gasteiger partial charge in [0, 0.05) is 18.5 Å². The zero-order valence-corrected chi connectivity index (χ0v) is 12.6. The number of carbonyl (C=O) groups is 1. The van der Waals surface area contributed by atoms with Crippen LogP contribution in [-0.4, -0.2) is 30.5 Å². The zero-order valence-electron chi connectivity index (χ0n) is 12.6. The first kappa shape index (κ1) is 13.7. The molecule has 3 aromatic rings. The number of hydrogen-bond acceptors (Lipinski definition) is 5. The molecule has 0 aliphatic carbocycles. The fourth-order valence-corrected chi connectivity index (χ4v) is 2.96. The second-order valence-electron chi connectivity index (χ2n) is 5.42. The Balaban J connectivity index is 1.74. The molecule has 1 unspecified atom stereocenters. The van der Waals surface area contributed by atoms with Gasteiger partial charge in [0.05, 0.1) is 18.4 Å². The van der Waals surface area contributed by atoms with E-state index >= 15 is 0 Å². The number of carbonyl (C=O) groups excluding carboxylic acids is 1. The number of nitrogens with zero attached hydrogens (tertiary/aromatic N) is 5. The Hall–Kier alpha value is -2.90. The van der Waals surface area contributed by atoms with Crippen LogP contribution in [-0.2, 0) is 17.9 Å². The van der Waals surface area contributed by atoms with Gasteiger partial charge in [0.15, 0.2) is 0 Å². The molecule has 1 amide bonds. The molecule has 0 fully saturated rings. The van der Waals surface area contributed by atoms with E-state index in [-0.39, 0.29) is 11.8 Å². The SMILES string of the molecule is CCn1ncnc1C1CC(=O)Nc2c1cnn2Cc1ccco1. The van der Waals surface area contributed by atoms with Crippen LogP contribution in [0.15, 0.2) is 35.3 Å². The first-order chi connectivity index (χ1) is 11.3. The van der Waals surface area contributed by atoms with E-state index in [0.717, 1.165) is 17.1 Å². The van der Waals surface area contributed by atoms with Gasteiger partial charge in [-0.15, -0.1) is 0 Å². The lowest BCUT2D eigenvalue weighted by atomic mass is 9.93. The third-order valence-corrected chi connectivity index (χ3v) is 4.03. The summed E-state index contributed by atoms with van der Waals surface area (Å²) in [5.41, 5.74) is 0.957. The maximum absolute atomic E-state index is 12.2. The van der Waals surface area contributed by atoms with Gasteiger partial charge in [-0.25, -0.2) is 14.3 Å². The highest BCUT2D eigenvalue weighted by Crippen LogP contribution is 2.36. The van der Waals surface area contributed by atoms with Gasteiger partial charge in [0.1, 0.15) is 30.3 Å². The van der Waals surface area contributed by atoms with Crippen LogP contribution in [0.5, 0.6) is 0 Å². The summed E-state index contributed by atoms with van der Waals surface area (Å²) < 4.78 is 8.92. The average Bonchev–Trinajstić information content (AvgIpc) is 3.28. The minimum Gasteiger partial charge on any atom is -0.467 e. The van der Waals surface area contributed by atoms with Gasteiger partial charge < -0.3 is 9.73 Å².